The summed E-state index contributed by atoms with van der Waals surface area (Å²) in [6.07, 6.45) is 0. The molecule has 6 aromatic carbocycles. The molecule has 0 saturated heterocycles. The largest absolute Gasteiger partial charge is 0.309 e. The van der Waals surface area contributed by atoms with Gasteiger partial charge in [0.2, 0.25) is 0 Å². The Labute approximate surface area is 297 Å². The number of aromatic nitrogens is 4. The number of rotatable bonds is 4. The summed E-state index contributed by atoms with van der Waals surface area (Å²) in [5.41, 5.74) is 12.9. The lowest BCUT2D eigenvalue weighted by molar-refractivity contribution is 1.18. The van der Waals surface area contributed by atoms with Gasteiger partial charge in [-0.3, -0.25) is 0 Å². The molecule has 51 heavy (non-hydrogen) atoms. The van der Waals surface area contributed by atoms with Gasteiger partial charge in [-0.05, 0) is 72.8 Å². The fourth-order valence-electron chi connectivity index (χ4n) is 7.81. The quantitative estimate of drug-likeness (QED) is 0.187. The molecule has 238 valence electrons. The molecule has 0 saturated carbocycles. The van der Waals surface area contributed by atoms with E-state index in [0.717, 1.165) is 54.3 Å². The number of hydrogen-bond acceptors (Lipinski definition) is 3. The van der Waals surface area contributed by atoms with E-state index in [9.17, 15) is 0 Å². The van der Waals surface area contributed by atoms with Crippen LogP contribution >= 0.6 is 11.3 Å². The molecule has 0 N–H and O–H groups in total. The van der Waals surface area contributed by atoms with E-state index in [0.29, 0.717) is 0 Å². The van der Waals surface area contributed by atoms with Crippen LogP contribution in [-0.4, -0.2) is 19.1 Å². The summed E-state index contributed by atoms with van der Waals surface area (Å²) in [4.78, 5) is 10.6. The molecule has 0 aliphatic rings. The Morgan fingerprint density at radius 2 is 0.765 bits per heavy atom. The summed E-state index contributed by atoms with van der Waals surface area (Å²) in [6.45, 7) is 0. The van der Waals surface area contributed by atoms with Crippen molar-refractivity contribution in [1.82, 2.24) is 19.1 Å². The van der Waals surface area contributed by atoms with E-state index < -0.39 is 0 Å². The predicted octanol–water partition coefficient (Wildman–Crippen LogP) is 12.4. The molecule has 0 atom stereocenters. The highest BCUT2D eigenvalue weighted by atomic mass is 32.1. The van der Waals surface area contributed by atoms with Crippen molar-refractivity contribution in [2.45, 2.75) is 0 Å². The minimum Gasteiger partial charge on any atom is -0.309 e. The first kappa shape index (κ1) is 28.3. The zero-order valence-electron chi connectivity index (χ0n) is 27.4. The second-order valence-electron chi connectivity index (χ2n) is 13.0. The maximum absolute atomic E-state index is 5.30. The minimum absolute atomic E-state index is 0.940. The lowest BCUT2D eigenvalue weighted by atomic mass is 10.1. The second-order valence-corrected chi connectivity index (χ2v) is 14.1. The molecule has 5 heteroatoms. The highest BCUT2D eigenvalue weighted by molar-refractivity contribution is 7.25. The van der Waals surface area contributed by atoms with Gasteiger partial charge in [0.15, 0.2) is 0 Å². The van der Waals surface area contributed by atoms with E-state index in [1.807, 2.05) is 0 Å². The van der Waals surface area contributed by atoms with E-state index in [-0.39, 0.29) is 0 Å². The third kappa shape index (κ3) is 4.32. The fourth-order valence-corrected chi connectivity index (χ4v) is 8.79. The molecule has 11 aromatic rings. The Morgan fingerprint density at radius 1 is 0.353 bits per heavy atom. The molecule has 11 rings (SSSR count). The standard InChI is InChI=1S/C46H28N4S/c1-3-11-31(12-4-1)49-39-17-9-7-15-33(39)35-21-19-29(27-41(35)49)37-23-25-43-45(47-37)46-44(51-43)26-24-38(48-46)30-20-22-36-34-16-8-10-18-40(34)50(42(36)28-30)32-13-5-2-6-14-32/h1-28H. The van der Waals surface area contributed by atoms with Crippen LogP contribution in [0, 0.1) is 0 Å². The first-order valence-electron chi connectivity index (χ1n) is 17.2. The summed E-state index contributed by atoms with van der Waals surface area (Å²) in [6, 6.07) is 60.6. The van der Waals surface area contributed by atoms with Gasteiger partial charge in [0.25, 0.3) is 0 Å². The monoisotopic (exact) mass is 668 g/mol. The van der Waals surface area contributed by atoms with Crippen molar-refractivity contribution in [2.24, 2.45) is 0 Å². The lowest BCUT2D eigenvalue weighted by Crippen LogP contribution is -1.93. The Hall–Kier alpha value is -6.56. The van der Waals surface area contributed by atoms with Crippen molar-refractivity contribution < 1.29 is 0 Å². The maximum Gasteiger partial charge on any atom is 0.108 e. The molecule has 0 spiro atoms. The van der Waals surface area contributed by atoms with Gasteiger partial charge in [0.1, 0.15) is 11.0 Å². The highest BCUT2D eigenvalue weighted by Gasteiger charge is 2.17. The van der Waals surface area contributed by atoms with E-state index in [1.165, 1.54) is 43.6 Å². The van der Waals surface area contributed by atoms with Crippen LogP contribution in [-0.2, 0) is 0 Å². The summed E-state index contributed by atoms with van der Waals surface area (Å²) in [5, 5.41) is 4.95. The SMILES string of the molecule is c1ccc(-n2c3ccccc3c3ccc(-c4ccc5sc6ccc(-c7ccc8c9ccccc9n(-c9ccccc9)c8c7)nc6c5n4)cc32)cc1. The van der Waals surface area contributed by atoms with E-state index in [2.05, 4.69) is 179 Å². The molecular formula is C46H28N4S. The van der Waals surface area contributed by atoms with E-state index >= 15 is 0 Å². The number of thiophene rings is 1. The topological polar surface area (TPSA) is 35.6 Å². The average molecular weight is 669 g/mol. The van der Waals surface area contributed by atoms with Crippen molar-refractivity contribution in [3.63, 3.8) is 0 Å². The van der Waals surface area contributed by atoms with Gasteiger partial charge in [-0.25, -0.2) is 9.97 Å². The number of benzene rings is 6. The van der Waals surface area contributed by atoms with Gasteiger partial charge in [-0.15, -0.1) is 11.3 Å². The number of nitrogens with zero attached hydrogens (tertiary/aromatic N) is 4. The fraction of sp³-hybridized carbons (Fsp3) is 0. The zero-order valence-corrected chi connectivity index (χ0v) is 28.2. The Morgan fingerprint density at radius 3 is 1.24 bits per heavy atom. The van der Waals surface area contributed by atoms with Crippen LogP contribution < -0.4 is 0 Å². The first-order valence-corrected chi connectivity index (χ1v) is 18.0. The van der Waals surface area contributed by atoms with Gasteiger partial charge in [0, 0.05) is 44.0 Å². The first-order chi connectivity index (χ1) is 25.3. The molecule has 0 radical (unpaired) electrons. The van der Waals surface area contributed by atoms with Crippen LogP contribution in [0.3, 0.4) is 0 Å². The molecule has 5 aromatic heterocycles. The van der Waals surface area contributed by atoms with Crippen molar-refractivity contribution >= 4 is 75.4 Å². The molecule has 0 fully saturated rings. The summed E-state index contributed by atoms with van der Waals surface area (Å²) in [5.74, 6) is 0. The average Bonchev–Trinajstić information content (AvgIpc) is 3.85. The van der Waals surface area contributed by atoms with E-state index in [1.54, 1.807) is 11.3 Å². The van der Waals surface area contributed by atoms with E-state index in [4.69, 9.17) is 9.97 Å². The summed E-state index contributed by atoms with van der Waals surface area (Å²) < 4.78 is 6.98. The molecule has 0 bridgehead atoms. The minimum atomic E-state index is 0.940. The molecule has 0 aliphatic carbocycles. The van der Waals surface area contributed by atoms with Crippen molar-refractivity contribution in [3.05, 3.63) is 170 Å². The van der Waals surface area contributed by atoms with Crippen LogP contribution in [0.2, 0.25) is 0 Å². The number of hydrogen-bond donors (Lipinski definition) is 0. The zero-order chi connectivity index (χ0) is 33.5. The third-order valence-electron chi connectivity index (χ3n) is 10.1. The van der Waals surface area contributed by atoms with Crippen molar-refractivity contribution in [2.75, 3.05) is 0 Å². The van der Waals surface area contributed by atoms with Crippen LogP contribution in [0.25, 0.3) is 97.9 Å². The molecule has 0 unspecified atom stereocenters. The van der Waals surface area contributed by atoms with Gasteiger partial charge in [0.05, 0.1) is 42.9 Å². The van der Waals surface area contributed by atoms with Crippen LogP contribution in [0.1, 0.15) is 0 Å². The Bertz CT molecular complexity index is 2920. The van der Waals surface area contributed by atoms with Gasteiger partial charge < -0.3 is 9.13 Å². The summed E-state index contributed by atoms with van der Waals surface area (Å²) >= 11 is 1.75. The molecule has 0 amide bonds. The lowest BCUT2D eigenvalue weighted by Gasteiger charge is -2.09. The second kappa shape index (κ2) is 11.0. The smallest absolute Gasteiger partial charge is 0.108 e. The predicted molar refractivity (Wildman–Crippen MR) is 214 cm³/mol. The van der Waals surface area contributed by atoms with Crippen LogP contribution in [0.5, 0.6) is 0 Å². The highest BCUT2D eigenvalue weighted by Crippen LogP contribution is 2.39. The van der Waals surface area contributed by atoms with Crippen LogP contribution in [0.4, 0.5) is 0 Å². The van der Waals surface area contributed by atoms with Crippen molar-refractivity contribution in [1.29, 1.82) is 0 Å². The Balaban J connectivity index is 1.07. The Kier molecular flexibility index (Phi) is 6.09. The van der Waals surface area contributed by atoms with Gasteiger partial charge >= 0.3 is 0 Å². The van der Waals surface area contributed by atoms with Gasteiger partial charge in [-0.2, -0.15) is 0 Å². The number of pyridine rings is 2. The normalized spacial score (nSPS) is 11.9. The number of para-hydroxylation sites is 4. The maximum atomic E-state index is 5.30. The third-order valence-corrected chi connectivity index (χ3v) is 11.2. The molecule has 4 nitrogen and oxygen atoms in total. The molecule has 0 aliphatic heterocycles. The van der Waals surface area contributed by atoms with Crippen LogP contribution in [0.15, 0.2) is 170 Å². The van der Waals surface area contributed by atoms with Crippen molar-refractivity contribution in [3.8, 4) is 33.9 Å². The summed E-state index contributed by atoms with van der Waals surface area (Å²) in [7, 11) is 0. The molecular weight excluding hydrogens is 641 g/mol. The molecule has 5 heterocycles. The van der Waals surface area contributed by atoms with Gasteiger partial charge in [-0.1, -0.05) is 97.1 Å². The number of fused-ring (bicyclic) bond motifs is 9.